The molecular weight excluding hydrogens is 320 g/mol. The monoisotopic (exact) mass is 348 g/mol. The van der Waals surface area contributed by atoms with Crippen molar-refractivity contribution < 1.29 is 4.79 Å². The predicted molar refractivity (Wildman–Crippen MR) is 106 cm³/mol. The molecule has 3 heteroatoms. The third-order valence-corrected chi connectivity index (χ3v) is 6.03. The van der Waals surface area contributed by atoms with Gasteiger partial charge in [0.2, 0.25) is 5.91 Å². The summed E-state index contributed by atoms with van der Waals surface area (Å²) < 4.78 is 0. The van der Waals surface area contributed by atoms with Gasteiger partial charge in [0.15, 0.2) is 0 Å². The van der Waals surface area contributed by atoms with Crippen LogP contribution in [0.3, 0.4) is 0 Å². The van der Waals surface area contributed by atoms with Gasteiger partial charge in [-0.3, -0.25) is 4.79 Å². The highest BCUT2D eigenvalue weighted by molar-refractivity contribution is 5.79. The van der Waals surface area contributed by atoms with Gasteiger partial charge >= 0.3 is 0 Å². The summed E-state index contributed by atoms with van der Waals surface area (Å²) in [6.45, 7) is 5.54. The molecular formula is C23H28N2O. The normalized spacial score (nSPS) is 23.3. The van der Waals surface area contributed by atoms with Crippen LogP contribution in [-0.2, 0) is 11.2 Å². The Morgan fingerprint density at radius 3 is 2.31 bits per heavy atom. The Kier molecular flexibility index (Phi) is 5.07. The summed E-state index contributed by atoms with van der Waals surface area (Å²) in [5.41, 5.74) is 5.17. The molecule has 2 saturated heterocycles. The number of nitrogens with zero attached hydrogens (tertiary/aromatic N) is 1. The largest absolute Gasteiger partial charge is 0.355 e. The summed E-state index contributed by atoms with van der Waals surface area (Å²) in [6.07, 6.45) is 4.44. The van der Waals surface area contributed by atoms with Gasteiger partial charge in [-0.25, -0.2) is 0 Å². The molecule has 2 aliphatic heterocycles. The topological polar surface area (TPSA) is 32.3 Å². The lowest BCUT2D eigenvalue weighted by Crippen LogP contribution is -2.28. The van der Waals surface area contributed by atoms with Crippen LogP contribution in [0, 0.1) is 0 Å². The van der Waals surface area contributed by atoms with Gasteiger partial charge in [0.1, 0.15) is 0 Å². The van der Waals surface area contributed by atoms with E-state index in [-0.39, 0.29) is 5.91 Å². The fourth-order valence-corrected chi connectivity index (χ4v) is 4.25. The molecule has 0 radical (unpaired) electrons. The number of rotatable bonds is 5. The molecule has 1 unspecified atom stereocenters. The van der Waals surface area contributed by atoms with E-state index < -0.39 is 0 Å². The number of amides is 1. The molecule has 0 aliphatic carbocycles. The zero-order chi connectivity index (χ0) is 17.9. The minimum atomic E-state index is 0.165. The van der Waals surface area contributed by atoms with Gasteiger partial charge in [0.25, 0.3) is 0 Å². The fraction of sp³-hybridized carbons (Fsp3) is 0.435. The highest BCUT2D eigenvalue weighted by Gasteiger charge is 2.22. The Bertz CT molecular complexity index is 751. The van der Waals surface area contributed by atoms with E-state index in [1.807, 2.05) is 0 Å². The van der Waals surface area contributed by atoms with Crippen molar-refractivity contribution in [2.24, 2.45) is 0 Å². The summed E-state index contributed by atoms with van der Waals surface area (Å²) in [5, 5.41) is 2.91. The number of carbonyl (C=O) groups is 1. The van der Waals surface area contributed by atoms with Crippen LogP contribution in [0.4, 0.5) is 0 Å². The SMILES string of the molecule is C[C@@H]1CCCN1CCc1ccc(-c2ccc(C3CNC(=O)C3)cc2)cc1. The molecule has 4 rings (SSSR count). The zero-order valence-corrected chi connectivity index (χ0v) is 15.6. The van der Waals surface area contributed by atoms with Crippen LogP contribution in [0.2, 0.25) is 0 Å². The smallest absolute Gasteiger partial charge is 0.220 e. The van der Waals surface area contributed by atoms with Crippen molar-refractivity contribution in [3.05, 3.63) is 59.7 Å². The lowest BCUT2D eigenvalue weighted by molar-refractivity contribution is -0.119. The van der Waals surface area contributed by atoms with Crippen molar-refractivity contribution in [3.63, 3.8) is 0 Å². The first kappa shape index (κ1) is 17.3. The highest BCUT2D eigenvalue weighted by Crippen LogP contribution is 2.27. The van der Waals surface area contributed by atoms with Crippen molar-refractivity contribution in [2.75, 3.05) is 19.6 Å². The number of likely N-dealkylation sites (tertiary alicyclic amines) is 1. The van der Waals surface area contributed by atoms with Crippen LogP contribution >= 0.6 is 0 Å². The van der Waals surface area contributed by atoms with E-state index in [2.05, 4.69) is 65.7 Å². The molecule has 0 bridgehead atoms. The number of hydrogen-bond donors (Lipinski definition) is 1. The van der Waals surface area contributed by atoms with E-state index >= 15 is 0 Å². The average Bonchev–Trinajstić information content (AvgIpc) is 3.29. The molecule has 0 saturated carbocycles. The van der Waals surface area contributed by atoms with Crippen LogP contribution in [0.25, 0.3) is 11.1 Å². The molecule has 2 heterocycles. The second-order valence-corrected chi connectivity index (χ2v) is 7.80. The number of nitrogens with one attached hydrogen (secondary N) is 1. The van der Waals surface area contributed by atoms with E-state index in [0.717, 1.165) is 19.0 Å². The molecule has 2 aliphatic rings. The van der Waals surface area contributed by atoms with Crippen molar-refractivity contribution in [1.29, 1.82) is 0 Å². The molecule has 1 amide bonds. The minimum absolute atomic E-state index is 0.165. The Balaban J connectivity index is 1.38. The molecule has 0 spiro atoms. The van der Waals surface area contributed by atoms with E-state index in [9.17, 15) is 4.79 Å². The average molecular weight is 348 g/mol. The second kappa shape index (κ2) is 7.63. The Morgan fingerprint density at radius 1 is 1.04 bits per heavy atom. The first-order valence-corrected chi connectivity index (χ1v) is 9.89. The number of hydrogen-bond acceptors (Lipinski definition) is 2. The van der Waals surface area contributed by atoms with Crippen molar-refractivity contribution >= 4 is 5.91 Å². The van der Waals surface area contributed by atoms with Gasteiger partial charge < -0.3 is 10.2 Å². The first-order chi connectivity index (χ1) is 12.7. The summed E-state index contributed by atoms with van der Waals surface area (Å²) in [4.78, 5) is 14.0. The minimum Gasteiger partial charge on any atom is -0.355 e. The van der Waals surface area contributed by atoms with E-state index in [1.54, 1.807) is 0 Å². The van der Waals surface area contributed by atoms with Crippen LogP contribution < -0.4 is 5.32 Å². The predicted octanol–water partition coefficient (Wildman–Crippen LogP) is 3.98. The van der Waals surface area contributed by atoms with Gasteiger partial charge in [-0.1, -0.05) is 48.5 Å². The third kappa shape index (κ3) is 3.83. The van der Waals surface area contributed by atoms with Gasteiger partial charge in [0, 0.05) is 31.5 Å². The molecule has 1 N–H and O–H groups in total. The van der Waals surface area contributed by atoms with E-state index in [4.69, 9.17) is 0 Å². The van der Waals surface area contributed by atoms with Gasteiger partial charge in [-0.05, 0) is 55.0 Å². The molecule has 2 atom stereocenters. The fourth-order valence-electron chi connectivity index (χ4n) is 4.25. The van der Waals surface area contributed by atoms with Crippen LogP contribution in [0.15, 0.2) is 48.5 Å². The van der Waals surface area contributed by atoms with Crippen LogP contribution in [-0.4, -0.2) is 36.5 Å². The standard InChI is InChI=1S/C23H28N2O/c1-17-3-2-13-25(17)14-12-18-4-6-19(7-5-18)20-8-10-21(11-9-20)22-15-23(26)24-16-22/h4-11,17,22H,2-3,12-16H2,1H3,(H,24,26)/t17-,22?/m1/s1. The molecule has 2 aromatic rings. The summed E-state index contributed by atoms with van der Waals surface area (Å²) in [6, 6.07) is 18.5. The Hall–Kier alpha value is -2.13. The van der Waals surface area contributed by atoms with E-state index in [1.165, 1.54) is 48.2 Å². The molecule has 0 aromatic heterocycles. The van der Waals surface area contributed by atoms with Gasteiger partial charge in [-0.2, -0.15) is 0 Å². The second-order valence-electron chi connectivity index (χ2n) is 7.80. The molecule has 26 heavy (non-hydrogen) atoms. The summed E-state index contributed by atoms with van der Waals surface area (Å²) in [5.74, 6) is 0.491. The van der Waals surface area contributed by atoms with Crippen molar-refractivity contribution in [2.45, 2.75) is 44.6 Å². The van der Waals surface area contributed by atoms with Crippen LogP contribution in [0.1, 0.15) is 43.2 Å². The Morgan fingerprint density at radius 2 is 1.73 bits per heavy atom. The van der Waals surface area contributed by atoms with Gasteiger partial charge in [-0.15, -0.1) is 0 Å². The van der Waals surface area contributed by atoms with Crippen molar-refractivity contribution in [3.8, 4) is 11.1 Å². The zero-order valence-electron chi connectivity index (χ0n) is 15.6. The van der Waals surface area contributed by atoms with Crippen molar-refractivity contribution in [1.82, 2.24) is 10.2 Å². The lowest BCUT2D eigenvalue weighted by atomic mass is 9.95. The maximum absolute atomic E-state index is 11.4. The van der Waals surface area contributed by atoms with E-state index in [0.29, 0.717) is 12.3 Å². The molecule has 2 fully saturated rings. The first-order valence-electron chi connectivity index (χ1n) is 9.89. The quantitative estimate of drug-likeness (QED) is 0.886. The summed E-state index contributed by atoms with van der Waals surface area (Å²) in [7, 11) is 0. The maximum Gasteiger partial charge on any atom is 0.220 e. The molecule has 2 aromatic carbocycles. The van der Waals surface area contributed by atoms with Crippen LogP contribution in [0.5, 0.6) is 0 Å². The molecule has 3 nitrogen and oxygen atoms in total. The third-order valence-electron chi connectivity index (χ3n) is 6.03. The molecule has 136 valence electrons. The number of benzene rings is 2. The summed E-state index contributed by atoms with van der Waals surface area (Å²) >= 11 is 0. The van der Waals surface area contributed by atoms with Gasteiger partial charge in [0.05, 0.1) is 0 Å². The Labute approximate surface area is 156 Å². The maximum atomic E-state index is 11.4. The number of carbonyl (C=O) groups excluding carboxylic acids is 1. The lowest BCUT2D eigenvalue weighted by Gasteiger charge is -2.20. The highest BCUT2D eigenvalue weighted by atomic mass is 16.1.